The van der Waals surface area contributed by atoms with Crippen molar-refractivity contribution in [3.8, 4) is 0 Å². The normalized spacial score (nSPS) is 23.0. The minimum absolute atomic E-state index is 0.00698. The van der Waals surface area contributed by atoms with Crippen LogP contribution in [0.15, 0.2) is 0 Å². The van der Waals surface area contributed by atoms with Crippen molar-refractivity contribution in [3.05, 3.63) is 0 Å². The fraction of sp³-hybridized carbons (Fsp3) is 0.812. The first-order valence-corrected chi connectivity index (χ1v) is 8.39. The molecule has 0 aromatic heterocycles. The monoisotopic (exact) mass is 309 g/mol. The van der Waals surface area contributed by atoms with Crippen LogP contribution in [0.2, 0.25) is 0 Å². The maximum atomic E-state index is 12.1. The highest BCUT2D eigenvalue weighted by Crippen LogP contribution is 2.18. The average Bonchev–Trinajstić information content (AvgIpc) is 2.53. The largest absolute Gasteiger partial charge is 0.352 e. The van der Waals surface area contributed by atoms with Crippen molar-refractivity contribution in [2.24, 2.45) is 5.92 Å². The molecule has 2 aliphatic rings. The van der Waals surface area contributed by atoms with Gasteiger partial charge in [0.15, 0.2) is 0 Å². The topological polar surface area (TPSA) is 78.5 Å². The summed E-state index contributed by atoms with van der Waals surface area (Å²) in [4.78, 5) is 37.1. The molecule has 1 atom stereocenters. The van der Waals surface area contributed by atoms with Gasteiger partial charge in [0.1, 0.15) is 0 Å². The maximum Gasteiger partial charge on any atom is 0.239 e. The highest BCUT2D eigenvalue weighted by atomic mass is 16.2. The van der Waals surface area contributed by atoms with E-state index in [1.54, 1.807) is 4.90 Å². The van der Waals surface area contributed by atoms with Crippen molar-refractivity contribution in [2.45, 2.75) is 57.9 Å². The number of hydrogen-bond acceptors (Lipinski definition) is 3. The molecule has 6 nitrogen and oxygen atoms in total. The number of hydrogen-bond donors (Lipinski definition) is 2. The van der Waals surface area contributed by atoms with E-state index in [0.29, 0.717) is 6.54 Å². The smallest absolute Gasteiger partial charge is 0.239 e. The van der Waals surface area contributed by atoms with Gasteiger partial charge in [-0.05, 0) is 25.7 Å². The molecular formula is C16H27N3O3. The molecule has 3 amide bonds. The molecule has 2 N–H and O–H groups in total. The third-order valence-corrected chi connectivity index (χ3v) is 4.63. The molecule has 0 spiro atoms. The zero-order valence-electron chi connectivity index (χ0n) is 13.4. The Hall–Kier alpha value is -1.59. The number of carbonyl (C=O) groups excluding carboxylic acids is 3. The number of rotatable bonds is 4. The Morgan fingerprint density at radius 1 is 1.05 bits per heavy atom. The van der Waals surface area contributed by atoms with Crippen molar-refractivity contribution < 1.29 is 14.4 Å². The lowest BCUT2D eigenvalue weighted by molar-refractivity contribution is -0.135. The lowest BCUT2D eigenvalue weighted by Gasteiger charge is -2.31. The molecule has 22 heavy (non-hydrogen) atoms. The minimum atomic E-state index is -0.194. The Labute approximate surface area is 132 Å². The van der Waals surface area contributed by atoms with Crippen LogP contribution in [0.5, 0.6) is 0 Å². The molecule has 124 valence electrons. The number of nitrogens with one attached hydrogen (secondary N) is 2. The highest BCUT2D eigenvalue weighted by Gasteiger charge is 2.27. The maximum absolute atomic E-state index is 12.1. The molecule has 1 aliphatic carbocycles. The molecule has 1 heterocycles. The molecule has 0 radical (unpaired) electrons. The van der Waals surface area contributed by atoms with E-state index in [0.717, 1.165) is 32.2 Å². The van der Waals surface area contributed by atoms with Crippen LogP contribution in [-0.4, -0.2) is 48.3 Å². The molecule has 2 rings (SSSR count). The number of amides is 3. The van der Waals surface area contributed by atoms with Crippen molar-refractivity contribution in [1.82, 2.24) is 15.5 Å². The number of piperidine rings is 1. The number of nitrogens with zero attached hydrogens (tertiary/aromatic N) is 1. The van der Waals surface area contributed by atoms with E-state index in [1.165, 1.54) is 26.2 Å². The predicted octanol–water partition coefficient (Wildman–Crippen LogP) is 0.810. The van der Waals surface area contributed by atoms with Crippen molar-refractivity contribution in [2.75, 3.05) is 19.6 Å². The van der Waals surface area contributed by atoms with Crippen molar-refractivity contribution >= 4 is 17.7 Å². The molecule has 1 aliphatic heterocycles. The standard InChI is InChI=1S/C16H27N3O3/c1-12(20)19-9-5-6-13(11-19)16(22)17-10-15(21)18-14-7-3-2-4-8-14/h13-14H,2-11H2,1H3,(H,17,22)(H,18,21). The summed E-state index contributed by atoms with van der Waals surface area (Å²) in [5.41, 5.74) is 0. The lowest BCUT2D eigenvalue weighted by atomic mass is 9.95. The second-order valence-electron chi connectivity index (χ2n) is 6.42. The van der Waals surface area contributed by atoms with Gasteiger partial charge in [0, 0.05) is 26.1 Å². The summed E-state index contributed by atoms with van der Waals surface area (Å²) in [5.74, 6) is -0.420. The van der Waals surface area contributed by atoms with Gasteiger partial charge in [0.25, 0.3) is 0 Å². The Morgan fingerprint density at radius 3 is 2.45 bits per heavy atom. The fourth-order valence-corrected chi connectivity index (χ4v) is 3.31. The summed E-state index contributed by atoms with van der Waals surface area (Å²) in [6.45, 7) is 2.75. The summed E-state index contributed by atoms with van der Waals surface area (Å²) in [7, 11) is 0. The van der Waals surface area contributed by atoms with Crippen LogP contribution in [0.3, 0.4) is 0 Å². The molecule has 2 fully saturated rings. The van der Waals surface area contributed by atoms with Gasteiger partial charge in [-0.3, -0.25) is 14.4 Å². The van der Waals surface area contributed by atoms with Gasteiger partial charge in [-0.15, -0.1) is 0 Å². The third kappa shape index (κ3) is 5.00. The summed E-state index contributed by atoms with van der Waals surface area (Å²) >= 11 is 0. The second-order valence-corrected chi connectivity index (χ2v) is 6.42. The molecule has 0 aromatic rings. The SMILES string of the molecule is CC(=O)N1CCCC(C(=O)NCC(=O)NC2CCCCC2)C1. The van der Waals surface area contributed by atoms with E-state index in [4.69, 9.17) is 0 Å². The minimum Gasteiger partial charge on any atom is -0.352 e. The average molecular weight is 309 g/mol. The molecule has 6 heteroatoms. The van der Waals surface area contributed by atoms with Crippen LogP contribution in [0.1, 0.15) is 51.9 Å². The van der Waals surface area contributed by atoms with Crippen LogP contribution in [0, 0.1) is 5.92 Å². The van der Waals surface area contributed by atoms with Crippen molar-refractivity contribution in [1.29, 1.82) is 0 Å². The summed E-state index contributed by atoms with van der Waals surface area (Å²) in [5, 5.41) is 5.70. The van der Waals surface area contributed by atoms with E-state index >= 15 is 0 Å². The van der Waals surface area contributed by atoms with E-state index in [-0.39, 0.29) is 36.2 Å². The molecule has 1 unspecified atom stereocenters. The van der Waals surface area contributed by atoms with Crippen LogP contribution < -0.4 is 10.6 Å². The van der Waals surface area contributed by atoms with E-state index < -0.39 is 0 Å². The molecule has 0 aromatic carbocycles. The van der Waals surface area contributed by atoms with Crippen LogP contribution >= 0.6 is 0 Å². The van der Waals surface area contributed by atoms with E-state index in [1.807, 2.05) is 0 Å². The van der Waals surface area contributed by atoms with E-state index in [9.17, 15) is 14.4 Å². The zero-order chi connectivity index (χ0) is 15.9. The van der Waals surface area contributed by atoms with Gasteiger partial charge < -0.3 is 15.5 Å². The van der Waals surface area contributed by atoms with E-state index in [2.05, 4.69) is 10.6 Å². The first-order chi connectivity index (χ1) is 10.6. The summed E-state index contributed by atoms with van der Waals surface area (Å²) in [6.07, 6.45) is 7.27. The fourth-order valence-electron chi connectivity index (χ4n) is 3.31. The van der Waals surface area contributed by atoms with Gasteiger partial charge in [0.05, 0.1) is 12.5 Å². The molecule has 1 saturated carbocycles. The van der Waals surface area contributed by atoms with Gasteiger partial charge in [-0.25, -0.2) is 0 Å². The second kappa shape index (κ2) is 8.15. The Kier molecular flexibility index (Phi) is 6.21. The van der Waals surface area contributed by atoms with Gasteiger partial charge in [-0.1, -0.05) is 19.3 Å². The van der Waals surface area contributed by atoms with Crippen LogP contribution in [0.4, 0.5) is 0 Å². The molecule has 0 bridgehead atoms. The predicted molar refractivity (Wildman–Crippen MR) is 83.0 cm³/mol. The highest BCUT2D eigenvalue weighted by molar-refractivity contribution is 5.86. The molecule has 1 saturated heterocycles. The Balaban J connectivity index is 1.70. The van der Waals surface area contributed by atoms with Crippen molar-refractivity contribution in [3.63, 3.8) is 0 Å². The quantitative estimate of drug-likeness (QED) is 0.806. The first kappa shape index (κ1) is 16.8. The Bertz CT molecular complexity index is 419. The van der Waals surface area contributed by atoms with Gasteiger partial charge in [0.2, 0.25) is 17.7 Å². The van der Waals surface area contributed by atoms with Gasteiger partial charge >= 0.3 is 0 Å². The summed E-state index contributed by atoms with van der Waals surface area (Å²) < 4.78 is 0. The lowest BCUT2D eigenvalue weighted by Crippen LogP contribution is -2.47. The number of likely N-dealkylation sites (tertiary alicyclic amines) is 1. The summed E-state index contributed by atoms with van der Waals surface area (Å²) in [6, 6.07) is 0.265. The Morgan fingerprint density at radius 2 is 1.77 bits per heavy atom. The van der Waals surface area contributed by atoms with Gasteiger partial charge in [-0.2, -0.15) is 0 Å². The zero-order valence-corrected chi connectivity index (χ0v) is 13.4. The third-order valence-electron chi connectivity index (χ3n) is 4.63. The van der Waals surface area contributed by atoms with Crippen LogP contribution in [0.25, 0.3) is 0 Å². The number of carbonyl (C=O) groups is 3. The molecular weight excluding hydrogens is 282 g/mol. The van der Waals surface area contributed by atoms with Crippen LogP contribution in [-0.2, 0) is 14.4 Å². The first-order valence-electron chi connectivity index (χ1n) is 8.39.